The Balaban J connectivity index is 1.55. The van der Waals surface area contributed by atoms with Crippen LogP contribution in [0.2, 0.25) is 0 Å². The molecule has 26 heavy (non-hydrogen) atoms. The summed E-state index contributed by atoms with van der Waals surface area (Å²) in [5, 5.41) is 14.6. The number of amides is 1. The van der Waals surface area contributed by atoms with Gasteiger partial charge in [-0.25, -0.2) is 0 Å². The van der Waals surface area contributed by atoms with Crippen molar-refractivity contribution in [1.82, 2.24) is 30.2 Å². The molecule has 1 aliphatic rings. The molecule has 0 aromatic carbocycles. The Bertz CT molecular complexity index is 756. The second-order valence-electron chi connectivity index (χ2n) is 7.36. The van der Waals surface area contributed by atoms with Gasteiger partial charge in [-0.3, -0.25) is 14.6 Å². The largest absolute Gasteiger partial charge is 0.349 e. The van der Waals surface area contributed by atoms with Crippen molar-refractivity contribution in [3.05, 3.63) is 23.1 Å². The first-order valence-electron chi connectivity index (χ1n) is 9.51. The Morgan fingerprint density at radius 2 is 2.08 bits per heavy atom. The summed E-state index contributed by atoms with van der Waals surface area (Å²) in [5.41, 5.74) is 4.19. The predicted molar refractivity (Wildman–Crippen MR) is 102 cm³/mol. The number of nitrogens with one attached hydrogen (secondary N) is 2. The molecule has 1 amide bonds. The molecule has 2 N–H and O–H groups in total. The average Bonchev–Trinajstić information content (AvgIpc) is 3.20. The lowest BCUT2D eigenvalue weighted by atomic mass is 9.94. The van der Waals surface area contributed by atoms with Crippen molar-refractivity contribution in [3.8, 4) is 11.3 Å². The summed E-state index contributed by atoms with van der Waals surface area (Å²) in [6.45, 7) is 5.48. The van der Waals surface area contributed by atoms with Crippen molar-refractivity contribution in [3.63, 3.8) is 0 Å². The molecule has 7 heteroatoms. The summed E-state index contributed by atoms with van der Waals surface area (Å²) in [7, 11) is 4.07. The molecule has 0 radical (unpaired) electrons. The van der Waals surface area contributed by atoms with Gasteiger partial charge in [-0.1, -0.05) is 19.3 Å². The molecule has 0 saturated heterocycles. The van der Waals surface area contributed by atoms with E-state index in [1.54, 1.807) is 6.07 Å². The molecule has 2 aromatic heterocycles. The summed E-state index contributed by atoms with van der Waals surface area (Å²) in [5.74, 6) is -0.111. The van der Waals surface area contributed by atoms with Crippen LogP contribution in [0.4, 0.5) is 0 Å². The second-order valence-corrected chi connectivity index (χ2v) is 7.36. The molecule has 0 atom stereocenters. The topological polar surface area (TPSA) is 78.8 Å². The highest BCUT2D eigenvalue weighted by Crippen LogP contribution is 2.25. The molecule has 1 saturated carbocycles. The lowest BCUT2D eigenvalue weighted by Crippen LogP contribution is -2.39. The highest BCUT2D eigenvalue weighted by Gasteiger charge is 2.19. The number of aromatic amines is 1. The molecular weight excluding hydrogens is 328 g/mol. The van der Waals surface area contributed by atoms with Gasteiger partial charge in [0, 0.05) is 37.4 Å². The first-order chi connectivity index (χ1) is 12.5. The molecule has 7 nitrogen and oxygen atoms in total. The number of rotatable bonds is 6. The third-order valence-corrected chi connectivity index (χ3v) is 5.54. The number of aromatic nitrogens is 4. The van der Waals surface area contributed by atoms with Crippen LogP contribution >= 0.6 is 0 Å². The highest BCUT2D eigenvalue weighted by molar-refractivity contribution is 5.93. The minimum Gasteiger partial charge on any atom is -0.349 e. The third kappa shape index (κ3) is 3.98. The molecular formula is C19H30N6O. The van der Waals surface area contributed by atoms with E-state index >= 15 is 0 Å². The second kappa shape index (κ2) is 8.03. The maximum absolute atomic E-state index is 12.4. The van der Waals surface area contributed by atoms with Crippen LogP contribution in [-0.4, -0.2) is 57.0 Å². The van der Waals surface area contributed by atoms with E-state index in [1.807, 2.05) is 25.6 Å². The van der Waals surface area contributed by atoms with Crippen LogP contribution < -0.4 is 5.32 Å². The number of aryl methyl sites for hydroxylation is 2. The molecule has 2 heterocycles. The lowest BCUT2D eigenvalue weighted by molar-refractivity contribution is 0.0939. The SMILES string of the molecule is Cc1nn(C)c(C)c1-c1cc(C(=O)NCCN(C)C2CCCCC2)[nH]n1. The molecule has 1 aliphatic carbocycles. The number of nitrogens with zero attached hydrogens (tertiary/aromatic N) is 4. The maximum Gasteiger partial charge on any atom is 0.269 e. The molecule has 0 spiro atoms. The van der Waals surface area contributed by atoms with Crippen LogP contribution in [0, 0.1) is 13.8 Å². The van der Waals surface area contributed by atoms with Crippen LogP contribution in [0.3, 0.4) is 0 Å². The van der Waals surface area contributed by atoms with E-state index < -0.39 is 0 Å². The van der Waals surface area contributed by atoms with Crippen molar-refractivity contribution in [2.75, 3.05) is 20.1 Å². The van der Waals surface area contributed by atoms with Crippen LogP contribution in [0.1, 0.15) is 54.0 Å². The van der Waals surface area contributed by atoms with Gasteiger partial charge in [-0.15, -0.1) is 0 Å². The number of hydrogen-bond acceptors (Lipinski definition) is 4. The lowest BCUT2D eigenvalue weighted by Gasteiger charge is -2.31. The fraction of sp³-hybridized carbons (Fsp3) is 0.632. The summed E-state index contributed by atoms with van der Waals surface area (Å²) in [6, 6.07) is 2.47. The number of hydrogen-bond donors (Lipinski definition) is 2. The molecule has 2 aromatic rings. The van der Waals surface area contributed by atoms with E-state index in [0.29, 0.717) is 18.3 Å². The molecule has 142 valence electrons. The van der Waals surface area contributed by atoms with Crippen molar-refractivity contribution in [2.24, 2.45) is 7.05 Å². The zero-order valence-electron chi connectivity index (χ0n) is 16.3. The van der Waals surface area contributed by atoms with E-state index in [1.165, 1.54) is 32.1 Å². The van der Waals surface area contributed by atoms with Crippen molar-refractivity contribution < 1.29 is 4.79 Å². The Morgan fingerprint density at radius 3 is 2.73 bits per heavy atom. The first-order valence-corrected chi connectivity index (χ1v) is 9.51. The number of likely N-dealkylation sites (N-methyl/N-ethyl adjacent to an activating group) is 1. The summed E-state index contributed by atoms with van der Waals surface area (Å²) in [6.07, 6.45) is 6.56. The van der Waals surface area contributed by atoms with Crippen molar-refractivity contribution in [1.29, 1.82) is 0 Å². The molecule has 0 unspecified atom stereocenters. The average molecular weight is 358 g/mol. The Labute approximate surface area is 155 Å². The van der Waals surface area contributed by atoms with Crippen molar-refractivity contribution in [2.45, 2.75) is 52.0 Å². The van der Waals surface area contributed by atoms with Crippen LogP contribution in [0.15, 0.2) is 6.07 Å². The first kappa shape index (κ1) is 18.6. The molecule has 0 bridgehead atoms. The quantitative estimate of drug-likeness (QED) is 0.831. The van der Waals surface area contributed by atoms with E-state index in [2.05, 4.69) is 32.6 Å². The molecule has 0 aliphatic heterocycles. The standard InChI is InChI=1S/C19H30N6O/c1-13-18(14(2)25(4)23-13)16-12-17(22-21-16)19(26)20-10-11-24(3)15-8-6-5-7-9-15/h12,15H,5-11H2,1-4H3,(H,20,26)(H,21,22). The van der Waals surface area contributed by atoms with Gasteiger partial charge < -0.3 is 10.2 Å². The van der Waals surface area contributed by atoms with Gasteiger partial charge in [0.25, 0.3) is 5.91 Å². The fourth-order valence-corrected chi connectivity index (χ4v) is 3.86. The van der Waals surface area contributed by atoms with Gasteiger partial charge in [0.2, 0.25) is 0 Å². The van der Waals surface area contributed by atoms with E-state index in [4.69, 9.17) is 0 Å². The number of carbonyl (C=O) groups is 1. The minimum absolute atomic E-state index is 0.111. The maximum atomic E-state index is 12.4. The Kier molecular flexibility index (Phi) is 5.76. The van der Waals surface area contributed by atoms with Gasteiger partial charge in [0.1, 0.15) is 5.69 Å². The van der Waals surface area contributed by atoms with Gasteiger partial charge >= 0.3 is 0 Å². The Morgan fingerprint density at radius 1 is 1.35 bits per heavy atom. The third-order valence-electron chi connectivity index (χ3n) is 5.54. The summed E-state index contributed by atoms with van der Waals surface area (Å²) in [4.78, 5) is 14.8. The van der Waals surface area contributed by atoms with Gasteiger partial charge in [-0.05, 0) is 39.8 Å². The zero-order valence-corrected chi connectivity index (χ0v) is 16.3. The summed E-state index contributed by atoms with van der Waals surface area (Å²) < 4.78 is 1.83. The molecule has 1 fully saturated rings. The highest BCUT2D eigenvalue weighted by atomic mass is 16.1. The van der Waals surface area contributed by atoms with E-state index in [9.17, 15) is 4.79 Å². The minimum atomic E-state index is -0.111. The summed E-state index contributed by atoms with van der Waals surface area (Å²) >= 11 is 0. The van der Waals surface area contributed by atoms with Gasteiger partial charge in [0.15, 0.2) is 0 Å². The number of carbonyl (C=O) groups excluding carboxylic acids is 1. The fourth-order valence-electron chi connectivity index (χ4n) is 3.86. The number of H-pyrrole nitrogens is 1. The van der Waals surface area contributed by atoms with Gasteiger partial charge in [-0.2, -0.15) is 10.2 Å². The Hall–Kier alpha value is -2.15. The van der Waals surface area contributed by atoms with Crippen LogP contribution in [0.5, 0.6) is 0 Å². The van der Waals surface area contributed by atoms with Crippen LogP contribution in [0.25, 0.3) is 11.3 Å². The van der Waals surface area contributed by atoms with Gasteiger partial charge in [0.05, 0.1) is 11.4 Å². The smallest absolute Gasteiger partial charge is 0.269 e. The zero-order chi connectivity index (χ0) is 18.7. The predicted octanol–water partition coefficient (Wildman–Crippen LogP) is 2.42. The van der Waals surface area contributed by atoms with Crippen LogP contribution in [-0.2, 0) is 7.05 Å². The van der Waals surface area contributed by atoms with E-state index in [-0.39, 0.29) is 5.91 Å². The molecule has 3 rings (SSSR count). The normalized spacial score (nSPS) is 15.6. The van der Waals surface area contributed by atoms with E-state index in [0.717, 1.165) is 29.2 Å². The monoisotopic (exact) mass is 358 g/mol. The van der Waals surface area contributed by atoms with Crippen molar-refractivity contribution >= 4 is 5.91 Å².